The fourth-order valence-electron chi connectivity index (χ4n) is 1.80. The van der Waals surface area contributed by atoms with Gasteiger partial charge in [-0.2, -0.15) is 0 Å². The maximum Gasteiger partial charge on any atom is 0.135 e. The zero-order valence-corrected chi connectivity index (χ0v) is 11.6. The van der Waals surface area contributed by atoms with E-state index in [9.17, 15) is 0 Å². The standard InChI is InChI=1S/C13H18BrNO/c1-9(13(2)6-7-13)15-10-4-5-11(14)12(8-10)16-3/h4-5,8-9,15H,6-7H2,1-3H3. The molecule has 16 heavy (non-hydrogen) atoms. The molecule has 0 bridgehead atoms. The van der Waals surface area contributed by atoms with Crippen molar-refractivity contribution in [3.63, 3.8) is 0 Å². The van der Waals surface area contributed by atoms with Gasteiger partial charge in [0.15, 0.2) is 0 Å². The third kappa shape index (κ3) is 2.34. The van der Waals surface area contributed by atoms with E-state index >= 15 is 0 Å². The molecule has 2 nitrogen and oxygen atoms in total. The van der Waals surface area contributed by atoms with Gasteiger partial charge in [0.1, 0.15) is 5.75 Å². The quantitative estimate of drug-likeness (QED) is 0.900. The van der Waals surface area contributed by atoms with E-state index in [1.165, 1.54) is 12.8 Å². The van der Waals surface area contributed by atoms with Gasteiger partial charge in [0, 0.05) is 17.8 Å². The molecule has 88 valence electrons. The SMILES string of the molecule is COc1cc(NC(C)C2(C)CC2)ccc1Br. The van der Waals surface area contributed by atoms with E-state index in [0.717, 1.165) is 15.9 Å². The predicted molar refractivity (Wildman–Crippen MR) is 71.1 cm³/mol. The minimum Gasteiger partial charge on any atom is -0.495 e. The molecule has 0 radical (unpaired) electrons. The summed E-state index contributed by atoms with van der Waals surface area (Å²) in [6, 6.07) is 6.64. The van der Waals surface area contributed by atoms with Crippen LogP contribution in [0.3, 0.4) is 0 Å². The fraction of sp³-hybridized carbons (Fsp3) is 0.538. The summed E-state index contributed by atoms with van der Waals surface area (Å²) in [5.41, 5.74) is 1.61. The number of rotatable bonds is 4. The first-order valence-electron chi connectivity index (χ1n) is 5.65. The van der Waals surface area contributed by atoms with Gasteiger partial charge in [0.05, 0.1) is 11.6 Å². The molecular formula is C13H18BrNO. The summed E-state index contributed by atoms with van der Waals surface area (Å²) >= 11 is 3.46. The van der Waals surface area contributed by atoms with Crippen molar-refractivity contribution in [3.05, 3.63) is 22.7 Å². The van der Waals surface area contributed by atoms with Gasteiger partial charge in [-0.3, -0.25) is 0 Å². The van der Waals surface area contributed by atoms with Gasteiger partial charge >= 0.3 is 0 Å². The lowest BCUT2D eigenvalue weighted by Crippen LogP contribution is -2.24. The van der Waals surface area contributed by atoms with Crippen LogP contribution >= 0.6 is 15.9 Å². The summed E-state index contributed by atoms with van der Waals surface area (Å²) in [5.74, 6) is 0.873. The fourth-order valence-corrected chi connectivity index (χ4v) is 2.21. The summed E-state index contributed by atoms with van der Waals surface area (Å²) in [7, 11) is 1.69. The Bertz CT molecular complexity index is 388. The number of hydrogen-bond acceptors (Lipinski definition) is 2. The number of methoxy groups -OCH3 is 1. The summed E-state index contributed by atoms with van der Waals surface area (Å²) < 4.78 is 6.27. The van der Waals surface area contributed by atoms with E-state index in [0.29, 0.717) is 11.5 Å². The van der Waals surface area contributed by atoms with E-state index in [1.807, 2.05) is 12.1 Å². The molecule has 1 unspecified atom stereocenters. The molecule has 1 N–H and O–H groups in total. The average Bonchev–Trinajstić information content (AvgIpc) is 3.01. The van der Waals surface area contributed by atoms with Crippen molar-refractivity contribution >= 4 is 21.6 Å². The summed E-state index contributed by atoms with van der Waals surface area (Å²) in [4.78, 5) is 0. The second-order valence-corrected chi connectivity index (χ2v) is 5.72. The molecule has 0 amide bonds. The Morgan fingerprint density at radius 2 is 2.12 bits per heavy atom. The molecule has 1 aromatic rings. The van der Waals surface area contributed by atoms with Gasteiger partial charge in [-0.25, -0.2) is 0 Å². The number of halogens is 1. The Balaban J connectivity index is 2.09. The van der Waals surface area contributed by atoms with E-state index in [4.69, 9.17) is 4.74 Å². The zero-order chi connectivity index (χ0) is 11.8. The molecule has 1 aromatic carbocycles. The Morgan fingerprint density at radius 1 is 1.44 bits per heavy atom. The molecule has 1 atom stereocenters. The third-order valence-corrected chi connectivity index (χ3v) is 4.27. The lowest BCUT2D eigenvalue weighted by atomic mass is 10.0. The summed E-state index contributed by atoms with van der Waals surface area (Å²) in [5, 5.41) is 3.55. The first-order valence-corrected chi connectivity index (χ1v) is 6.44. The second-order valence-electron chi connectivity index (χ2n) is 4.87. The highest BCUT2D eigenvalue weighted by atomic mass is 79.9. The minimum absolute atomic E-state index is 0.486. The maximum absolute atomic E-state index is 5.28. The van der Waals surface area contributed by atoms with Crippen molar-refractivity contribution in [2.24, 2.45) is 5.41 Å². The van der Waals surface area contributed by atoms with E-state index in [1.54, 1.807) is 7.11 Å². The largest absolute Gasteiger partial charge is 0.495 e. The van der Waals surface area contributed by atoms with Crippen LogP contribution in [0.2, 0.25) is 0 Å². The van der Waals surface area contributed by atoms with E-state index < -0.39 is 0 Å². The van der Waals surface area contributed by atoms with E-state index in [-0.39, 0.29) is 0 Å². The van der Waals surface area contributed by atoms with Gasteiger partial charge < -0.3 is 10.1 Å². The normalized spacial score (nSPS) is 19.0. The van der Waals surface area contributed by atoms with Gasteiger partial charge in [-0.05, 0) is 53.2 Å². The average molecular weight is 284 g/mol. The zero-order valence-electron chi connectivity index (χ0n) is 10.0. The smallest absolute Gasteiger partial charge is 0.135 e. The molecule has 1 aliphatic rings. The van der Waals surface area contributed by atoms with Crippen molar-refractivity contribution in [1.82, 2.24) is 0 Å². The number of hydrogen-bond donors (Lipinski definition) is 1. The molecule has 3 heteroatoms. The van der Waals surface area contributed by atoms with Crippen molar-refractivity contribution in [2.75, 3.05) is 12.4 Å². The molecule has 0 saturated heterocycles. The van der Waals surface area contributed by atoms with E-state index in [2.05, 4.69) is 41.2 Å². The van der Waals surface area contributed by atoms with Crippen LogP contribution in [0.5, 0.6) is 5.75 Å². The Labute approximate surface area is 106 Å². The first kappa shape index (κ1) is 11.8. The summed E-state index contributed by atoms with van der Waals surface area (Å²) in [6.07, 6.45) is 2.66. The van der Waals surface area contributed by atoms with Crippen LogP contribution in [0.15, 0.2) is 22.7 Å². The minimum atomic E-state index is 0.486. The van der Waals surface area contributed by atoms with Crippen LogP contribution in [-0.4, -0.2) is 13.2 Å². The van der Waals surface area contributed by atoms with Gasteiger partial charge in [0.2, 0.25) is 0 Å². The molecule has 0 heterocycles. The number of anilines is 1. The molecular weight excluding hydrogens is 266 g/mol. The van der Waals surface area contributed by atoms with Crippen LogP contribution in [0.1, 0.15) is 26.7 Å². The van der Waals surface area contributed by atoms with Crippen molar-refractivity contribution in [3.8, 4) is 5.75 Å². The highest BCUT2D eigenvalue weighted by Gasteiger charge is 2.42. The maximum atomic E-state index is 5.28. The number of ether oxygens (including phenoxy) is 1. The molecule has 0 aliphatic heterocycles. The van der Waals surface area contributed by atoms with Crippen LogP contribution in [-0.2, 0) is 0 Å². The molecule has 1 saturated carbocycles. The van der Waals surface area contributed by atoms with Gasteiger partial charge in [0.25, 0.3) is 0 Å². The van der Waals surface area contributed by atoms with Gasteiger partial charge in [-0.15, -0.1) is 0 Å². The topological polar surface area (TPSA) is 21.3 Å². The highest BCUT2D eigenvalue weighted by molar-refractivity contribution is 9.10. The van der Waals surface area contributed by atoms with Crippen LogP contribution < -0.4 is 10.1 Å². The lowest BCUT2D eigenvalue weighted by molar-refractivity contribution is 0.412. The number of benzene rings is 1. The molecule has 1 fully saturated rings. The lowest BCUT2D eigenvalue weighted by Gasteiger charge is -2.22. The molecule has 1 aliphatic carbocycles. The molecule has 0 aromatic heterocycles. The second kappa shape index (κ2) is 4.28. The monoisotopic (exact) mass is 283 g/mol. The first-order chi connectivity index (χ1) is 7.55. The predicted octanol–water partition coefficient (Wildman–Crippen LogP) is 4.06. The Hall–Kier alpha value is -0.700. The van der Waals surface area contributed by atoms with Crippen LogP contribution in [0, 0.1) is 5.41 Å². The summed E-state index contributed by atoms with van der Waals surface area (Å²) in [6.45, 7) is 4.59. The molecule has 0 spiro atoms. The number of nitrogens with one attached hydrogen (secondary N) is 1. The Kier molecular flexibility index (Phi) is 3.15. The van der Waals surface area contributed by atoms with Crippen molar-refractivity contribution < 1.29 is 4.74 Å². The van der Waals surface area contributed by atoms with Gasteiger partial charge in [-0.1, -0.05) is 6.92 Å². The highest BCUT2D eigenvalue weighted by Crippen LogP contribution is 2.49. The van der Waals surface area contributed by atoms with Crippen molar-refractivity contribution in [1.29, 1.82) is 0 Å². The van der Waals surface area contributed by atoms with Crippen LogP contribution in [0.25, 0.3) is 0 Å². The third-order valence-electron chi connectivity index (χ3n) is 3.62. The van der Waals surface area contributed by atoms with Crippen molar-refractivity contribution in [2.45, 2.75) is 32.7 Å². The Morgan fingerprint density at radius 3 is 2.69 bits per heavy atom. The van der Waals surface area contributed by atoms with Crippen LogP contribution in [0.4, 0.5) is 5.69 Å². The molecule has 2 rings (SSSR count).